The standard InChI is InChI=1S/C18H16N6O2/c1-11-6-12(2)24-18(21-11)22-16(23-24)17(25)20-9-13-7-14(10-19-8-13)15-4-3-5-26-15/h3-8,10H,9H2,1-2H3,(H,20,25). The van der Waals surface area contributed by atoms with Crippen LogP contribution in [0.1, 0.15) is 27.6 Å². The van der Waals surface area contributed by atoms with E-state index >= 15 is 0 Å². The van der Waals surface area contributed by atoms with Crippen molar-refractivity contribution >= 4 is 11.7 Å². The Morgan fingerprint density at radius 3 is 2.92 bits per heavy atom. The van der Waals surface area contributed by atoms with Crippen molar-refractivity contribution in [3.8, 4) is 11.3 Å². The van der Waals surface area contributed by atoms with Crippen LogP contribution in [0.15, 0.2) is 47.3 Å². The van der Waals surface area contributed by atoms with Gasteiger partial charge in [0.2, 0.25) is 5.82 Å². The van der Waals surface area contributed by atoms with Crippen LogP contribution < -0.4 is 5.32 Å². The summed E-state index contributed by atoms with van der Waals surface area (Å²) in [5, 5.41) is 7.03. The van der Waals surface area contributed by atoms with Crippen LogP contribution in [0.3, 0.4) is 0 Å². The van der Waals surface area contributed by atoms with Gasteiger partial charge in [-0.15, -0.1) is 5.10 Å². The summed E-state index contributed by atoms with van der Waals surface area (Å²) in [6, 6.07) is 7.47. The first kappa shape index (κ1) is 15.9. The van der Waals surface area contributed by atoms with E-state index in [1.54, 1.807) is 23.2 Å². The molecule has 0 unspecified atom stereocenters. The highest BCUT2D eigenvalue weighted by atomic mass is 16.3. The monoisotopic (exact) mass is 348 g/mol. The van der Waals surface area contributed by atoms with Crippen LogP contribution in [0.5, 0.6) is 0 Å². The van der Waals surface area contributed by atoms with E-state index in [0.29, 0.717) is 12.3 Å². The van der Waals surface area contributed by atoms with Crippen LogP contribution in [0.2, 0.25) is 0 Å². The average molecular weight is 348 g/mol. The Morgan fingerprint density at radius 2 is 2.12 bits per heavy atom. The summed E-state index contributed by atoms with van der Waals surface area (Å²) in [7, 11) is 0. The fourth-order valence-electron chi connectivity index (χ4n) is 2.69. The molecule has 0 spiro atoms. The number of nitrogens with one attached hydrogen (secondary N) is 1. The van der Waals surface area contributed by atoms with E-state index in [2.05, 4.69) is 25.4 Å². The molecule has 0 aromatic carbocycles. The number of carbonyl (C=O) groups is 1. The van der Waals surface area contributed by atoms with Crippen molar-refractivity contribution in [1.29, 1.82) is 0 Å². The topological polar surface area (TPSA) is 98.2 Å². The van der Waals surface area contributed by atoms with Crippen molar-refractivity contribution in [3.63, 3.8) is 0 Å². The lowest BCUT2D eigenvalue weighted by Crippen LogP contribution is -2.24. The third-order valence-electron chi connectivity index (χ3n) is 3.88. The number of nitrogens with zero attached hydrogens (tertiary/aromatic N) is 5. The molecule has 4 heterocycles. The van der Waals surface area contributed by atoms with Gasteiger partial charge in [0.15, 0.2) is 0 Å². The molecule has 0 saturated carbocycles. The van der Waals surface area contributed by atoms with Crippen LogP contribution in [-0.2, 0) is 6.54 Å². The Morgan fingerprint density at radius 1 is 1.23 bits per heavy atom. The number of rotatable bonds is 4. The largest absolute Gasteiger partial charge is 0.464 e. The molecule has 0 radical (unpaired) electrons. The van der Waals surface area contributed by atoms with Gasteiger partial charge in [0.1, 0.15) is 5.76 Å². The van der Waals surface area contributed by atoms with Crippen molar-refractivity contribution < 1.29 is 9.21 Å². The first-order valence-electron chi connectivity index (χ1n) is 8.07. The van der Waals surface area contributed by atoms with Crippen molar-refractivity contribution in [2.45, 2.75) is 20.4 Å². The molecule has 130 valence electrons. The number of amides is 1. The van der Waals surface area contributed by atoms with Crippen LogP contribution in [0.25, 0.3) is 17.1 Å². The van der Waals surface area contributed by atoms with Gasteiger partial charge in [-0.3, -0.25) is 9.78 Å². The second-order valence-electron chi connectivity index (χ2n) is 5.93. The van der Waals surface area contributed by atoms with Crippen LogP contribution in [0, 0.1) is 13.8 Å². The molecule has 0 bridgehead atoms. The molecule has 8 nitrogen and oxygen atoms in total. The first-order chi connectivity index (χ1) is 12.6. The zero-order chi connectivity index (χ0) is 18.1. The van der Waals surface area contributed by atoms with E-state index in [1.807, 2.05) is 38.1 Å². The Labute approximate surface area is 148 Å². The quantitative estimate of drug-likeness (QED) is 0.608. The van der Waals surface area contributed by atoms with Crippen molar-refractivity contribution in [2.24, 2.45) is 0 Å². The smallest absolute Gasteiger partial charge is 0.291 e. The number of aromatic nitrogens is 5. The number of furan rings is 1. The van der Waals surface area contributed by atoms with E-state index in [1.165, 1.54) is 0 Å². The molecule has 8 heteroatoms. The number of pyridine rings is 1. The van der Waals surface area contributed by atoms with Gasteiger partial charge < -0.3 is 9.73 Å². The Hall–Kier alpha value is -3.55. The van der Waals surface area contributed by atoms with E-state index in [4.69, 9.17) is 4.42 Å². The fraction of sp³-hybridized carbons (Fsp3) is 0.167. The molecule has 1 N–H and O–H groups in total. The minimum Gasteiger partial charge on any atom is -0.464 e. The van der Waals surface area contributed by atoms with Crippen LogP contribution in [-0.4, -0.2) is 30.5 Å². The summed E-state index contributed by atoms with van der Waals surface area (Å²) in [6.45, 7) is 4.08. The maximum atomic E-state index is 12.4. The molecular formula is C18H16N6O2. The predicted molar refractivity (Wildman–Crippen MR) is 93.4 cm³/mol. The second-order valence-corrected chi connectivity index (χ2v) is 5.93. The van der Waals surface area contributed by atoms with Gasteiger partial charge in [-0.1, -0.05) is 0 Å². The van der Waals surface area contributed by atoms with Gasteiger partial charge >= 0.3 is 0 Å². The minimum absolute atomic E-state index is 0.0846. The van der Waals surface area contributed by atoms with Gasteiger partial charge in [-0.05, 0) is 43.7 Å². The molecule has 26 heavy (non-hydrogen) atoms. The number of fused-ring (bicyclic) bond motifs is 1. The molecule has 0 aliphatic carbocycles. The molecule has 4 rings (SSSR count). The maximum Gasteiger partial charge on any atom is 0.291 e. The summed E-state index contributed by atoms with van der Waals surface area (Å²) in [5.74, 6) is 0.857. The molecule has 1 amide bonds. The first-order valence-corrected chi connectivity index (χ1v) is 8.07. The Bertz CT molecular complexity index is 1080. The van der Waals surface area contributed by atoms with Gasteiger partial charge in [0.25, 0.3) is 11.7 Å². The van der Waals surface area contributed by atoms with Crippen molar-refractivity contribution in [1.82, 2.24) is 29.9 Å². The lowest BCUT2D eigenvalue weighted by molar-refractivity contribution is 0.0940. The van der Waals surface area contributed by atoms with Crippen LogP contribution >= 0.6 is 0 Å². The molecule has 4 aromatic heterocycles. The highest BCUT2D eigenvalue weighted by Gasteiger charge is 2.15. The lowest BCUT2D eigenvalue weighted by Gasteiger charge is -2.04. The van der Waals surface area contributed by atoms with Gasteiger partial charge in [-0.25, -0.2) is 9.50 Å². The molecule has 4 aromatic rings. The SMILES string of the molecule is Cc1cc(C)n2nc(C(=O)NCc3cncc(-c4ccco4)c3)nc2n1. The number of aryl methyl sites for hydroxylation is 2. The van der Waals surface area contributed by atoms with Gasteiger partial charge in [-0.2, -0.15) is 4.98 Å². The summed E-state index contributed by atoms with van der Waals surface area (Å²) < 4.78 is 6.92. The Balaban J connectivity index is 1.51. The normalized spacial score (nSPS) is 11.0. The Kier molecular flexibility index (Phi) is 3.92. The van der Waals surface area contributed by atoms with E-state index < -0.39 is 0 Å². The van der Waals surface area contributed by atoms with E-state index in [-0.39, 0.29) is 11.7 Å². The highest BCUT2D eigenvalue weighted by molar-refractivity contribution is 5.90. The van der Waals surface area contributed by atoms with E-state index in [9.17, 15) is 4.79 Å². The summed E-state index contributed by atoms with van der Waals surface area (Å²) >= 11 is 0. The fourth-order valence-corrected chi connectivity index (χ4v) is 2.69. The highest BCUT2D eigenvalue weighted by Crippen LogP contribution is 2.19. The van der Waals surface area contributed by atoms with Crippen molar-refractivity contribution in [3.05, 3.63) is 65.7 Å². The predicted octanol–water partition coefficient (Wildman–Crippen LogP) is 2.33. The molecular weight excluding hydrogens is 332 g/mol. The van der Waals surface area contributed by atoms with Crippen molar-refractivity contribution in [2.75, 3.05) is 0 Å². The molecule has 0 aliphatic heterocycles. The number of hydrogen-bond acceptors (Lipinski definition) is 6. The zero-order valence-corrected chi connectivity index (χ0v) is 14.3. The number of hydrogen-bond donors (Lipinski definition) is 1. The second kappa shape index (κ2) is 6.40. The van der Waals surface area contributed by atoms with Gasteiger partial charge in [0.05, 0.1) is 6.26 Å². The lowest BCUT2D eigenvalue weighted by atomic mass is 10.1. The molecule has 0 saturated heterocycles. The maximum absolute atomic E-state index is 12.4. The molecule has 0 atom stereocenters. The van der Waals surface area contributed by atoms with E-state index in [0.717, 1.165) is 28.3 Å². The average Bonchev–Trinajstić information content (AvgIpc) is 3.29. The third-order valence-corrected chi connectivity index (χ3v) is 3.88. The summed E-state index contributed by atoms with van der Waals surface area (Å²) in [4.78, 5) is 25.1. The zero-order valence-electron chi connectivity index (χ0n) is 14.3. The summed E-state index contributed by atoms with van der Waals surface area (Å²) in [6.07, 6.45) is 5.01. The van der Waals surface area contributed by atoms with Crippen LogP contribution in [0.4, 0.5) is 0 Å². The molecule has 0 fully saturated rings. The number of carbonyl (C=O) groups excluding carboxylic acids is 1. The van der Waals surface area contributed by atoms with Gasteiger partial charge in [0, 0.05) is 35.9 Å². The summed E-state index contributed by atoms with van der Waals surface area (Å²) in [5.41, 5.74) is 3.40. The molecule has 0 aliphatic rings. The third kappa shape index (κ3) is 3.04. The minimum atomic E-state index is -0.365.